The number of aromatic nitrogens is 2. The second-order valence-electron chi connectivity index (χ2n) is 3.26. The Bertz CT molecular complexity index is 409. The van der Waals surface area contributed by atoms with Crippen LogP contribution in [0.1, 0.15) is 26.7 Å². The average molecular weight is 289 g/mol. The van der Waals surface area contributed by atoms with E-state index in [-0.39, 0.29) is 17.6 Å². The first-order chi connectivity index (χ1) is 8.65. The van der Waals surface area contributed by atoms with Gasteiger partial charge in [-0.1, -0.05) is 30.0 Å². The van der Waals surface area contributed by atoms with Crippen molar-refractivity contribution in [3.05, 3.63) is 0 Å². The zero-order valence-corrected chi connectivity index (χ0v) is 11.9. The van der Waals surface area contributed by atoms with Crippen molar-refractivity contribution in [1.82, 2.24) is 10.2 Å². The van der Waals surface area contributed by atoms with Crippen LogP contribution in [0.3, 0.4) is 0 Å². The Hall–Kier alpha value is -1.15. The van der Waals surface area contributed by atoms with E-state index in [9.17, 15) is 9.59 Å². The highest BCUT2D eigenvalue weighted by Gasteiger charge is 2.10. The quantitative estimate of drug-likeness (QED) is 0.469. The Morgan fingerprint density at radius 2 is 2.17 bits per heavy atom. The molecule has 1 N–H and O–H groups in total. The summed E-state index contributed by atoms with van der Waals surface area (Å²) in [5.41, 5.74) is 0. The molecule has 100 valence electrons. The van der Waals surface area contributed by atoms with Gasteiger partial charge in [0.1, 0.15) is 0 Å². The number of hydrogen-bond donors (Lipinski definition) is 1. The second-order valence-corrected chi connectivity index (χ2v) is 5.46. The van der Waals surface area contributed by atoms with Gasteiger partial charge in [0.15, 0.2) is 4.34 Å². The minimum atomic E-state index is -0.283. The zero-order chi connectivity index (χ0) is 13.4. The number of nitrogens with zero attached hydrogens (tertiary/aromatic N) is 2. The number of amides is 1. The minimum Gasteiger partial charge on any atom is -0.465 e. The molecule has 0 aromatic carbocycles. The molecule has 0 radical (unpaired) electrons. The lowest BCUT2D eigenvalue weighted by molar-refractivity contribution is -0.139. The SMILES string of the molecule is CCCC(=O)Nc1nnc(SCC(=O)OCC)s1. The fraction of sp³-hybridized carbons (Fsp3) is 0.600. The highest BCUT2D eigenvalue weighted by molar-refractivity contribution is 8.01. The Morgan fingerprint density at radius 3 is 2.83 bits per heavy atom. The second kappa shape index (κ2) is 8.04. The van der Waals surface area contributed by atoms with E-state index >= 15 is 0 Å². The molecule has 1 amide bonds. The van der Waals surface area contributed by atoms with Gasteiger partial charge in [0.05, 0.1) is 12.4 Å². The summed E-state index contributed by atoms with van der Waals surface area (Å²) in [7, 11) is 0. The summed E-state index contributed by atoms with van der Waals surface area (Å²) >= 11 is 2.50. The first kappa shape index (κ1) is 14.9. The number of ether oxygens (including phenoxy) is 1. The largest absolute Gasteiger partial charge is 0.465 e. The molecule has 0 fully saturated rings. The van der Waals surface area contributed by atoms with Gasteiger partial charge in [-0.05, 0) is 13.3 Å². The lowest BCUT2D eigenvalue weighted by Crippen LogP contribution is -2.10. The van der Waals surface area contributed by atoms with Crippen molar-refractivity contribution in [1.29, 1.82) is 0 Å². The van der Waals surface area contributed by atoms with Gasteiger partial charge in [0.25, 0.3) is 0 Å². The molecule has 1 rings (SSSR count). The van der Waals surface area contributed by atoms with E-state index in [1.807, 2.05) is 6.92 Å². The maximum atomic E-state index is 11.3. The molecule has 0 aliphatic carbocycles. The number of carbonyl (C=O) groups excluding carboxylic acids is 2. The van der Waals surface area contributed by atoms with Crippen LogP contribution in [0.15, 0.2) is 4.34 Å². The van der Waals surface area contributed by atoms with Crippen LogP contribution >= 0.6 is 23.1 Å². The molecule has 1 aromatic rings. The molecular weight excluding hydrogens is 274 g/mol. The van der Waals surface area contributed by atoms with Crippen LogP contribution in [-0.2, 0) is 14.3 Å². The molecule has 0 aliphatic heterocycles. The predicted molar refractivity (Wildman–Crippen MR) is 70.8 cm³/mol. The van der Waals surface area contributed by atoms with E-state index in [0.29, 0.717) is 22.5 Å². The van der Waals surface area contributed by atoms with E-state index in [1.165, 1.54) is 23.1 Å². The van der Waals surface area contributed by atoms with Crippen molar-refractivity contribution in [2.75, 3.05) is 17.7 Å². The summed E-state index contributed by atoms with van der Waals surface area (Å²) in [6, 6.07) is 0. The highest BCUT2D eigenvalue weighted by atomic mass is 32.2. The molecule has 18 heavy (non-hydrogen) atoms. The molecule has 0 aliphatic rings. The van der Waals surface area contributed by atoms with E-state index < -0.39 is 0 Å². The van der Waals surface area contributed by atoms with Crippen LogP contribution in [0.5, 0.6) is 0 Å². The molecule has 6 nitrogen and oxygen atoms in total. The summed E-state index contributed by atoms with van der Waals surface area (Å²) in [5, 5.41) is 10.8. The average Bonchev–Trinajstić information content (AvgIpc) is 2.75. The zero-order valence-electron chi connectivity index (χ0n) is 10.3. The van der Waals surface area contributed by atoms with Crippen molar-refractivity contribution in [3.8, 4) is 0 Å². The number of rotatable bonds is 7. The van der Waals surface area contributed by atoms with E-state index in [1.54, 1.807) is 6.92 Å². The summed E-state index contributed by atoms with van der Waals surface area (Å²) in [6.45, 7) is 4.06. The molecule has 0 unspecified atom stereocenters. The molecule has 0 saturated heterocycles. The number of esters is 1. The van der Waals surface area contributed by atoms with Crippen molar-refractivity contribution in [2.24, 2.45) is 0 Å². The van der Waals surface area contributed by atoms with Crippen LogP contribution in [0, 0.1) is 0 Å². The summed E-state index contributed by atoms with van der Waals surface area (Å²) in [6.07, 6.45) is 1.25. The number of carbonyl (C=O) groups is 2. The summed E-state index contributed by atoms with van der Waals surface area (Å²) < 4.78 is 5.43. The number of hydrogen-bond acceptors (Lipinski definition) is 7. The molecule has 1 heterocycles. The lowest BCUT2D eigenvalue weighted by Gasteiger charge is -1.98. The van der Waals surface area contributed by atoms with Gasteiger partial charge >= 0.3 is 5.97 Å². The maximum absolute atomic E-state index is 11.3. The minimum absolute atomic E-state index is 0.0735. The van der Waals surface area contributed by atoms with Crippen molar-refractivity contribution < 1.29 is 14.3 Å². The number of anilines is 1. The van der Waals surface area contributed by atoms with Crippen LogP contribution in [0.2, 0.25) is 0 Å². The number of thioether (sulfide) groups is 1. The Balaban J connectivity index is 2.38. The monoisotopic (exact) mass is 289 g/mol. The van der Waals surface area contributed by atoms with Crippen LogP contribution in [0.4, 0.5) is 5.13 Å². The smallest absolute Gasteiger partial charge is 0.316 e. The van der Waals surface area contributed by atoms with Gasteiger partial charge in [0, 0.05) is 6.42 Å². The summed E-state index contributed by atoms with van der Waals surface area (Å²) in [4.78, 5) is 22.4. The highest BCUT2D eigenvalue weighted by Crippen LogP contribution is 2.25. The maximum Gasteiger partial charge on any atom is 0.316 e. The van der Waals surface area contributed by atoms with Gasteiger partial charge < -0.3 is 10.1 Å². The fourth-order valence-electron chi connectivity index (χ4n) is 1.05. The molecule has 1 aromatic heterocycles. The van der Waals surface area contributed by atoms with Gasteiger partial charge in [0.2, 0.25) is 11.0 Å². The number of nitrogens with one attached hydrogen (secondary N) is 1. The first-order valence-corrected chi connectivity index (χ1v) is 7.37. The Morgan fingerprint density at radius 1 is 1.39 bits per heavy atom. The van der Waals surface area contributed by atoms with Gasteiger partial charge in [-0.25, -0.2) is 0 Å². The molecule has 8 heteroatoms. The fourth-order valence-corrected chi connectivity index (χ4v) is 2.62. The van der Waals surface area contributed by atoms with Crippen molar-refractivity contribution in [2.45, 2.75) is 31.0 Å². The molecule has 0 atom stereocenters. The van der Waals surface area contributed by atoms with Gasteiger partial charge in [-0.2, -0.15) is 0 Å². The standard InChI is InChI=1S/C10H15N3O3S2/c1-3-5-7(14)11-9-12-13-10(18-9)17-6-8(15)16-4-2/h3-6H2,1-2H3,(H,11,12,14). The molecule has 0 saturated carbocycles. The Labute approximate surface area is 114 Å². The van der Waals surface area contributed by atoms with Gasteiger partial charge in [-0.15, -0.1) is 10.2 Å². The van der Waals surface area contributed by atoms with Gasteiger partial charge in [-0.3, -0.25) is 9.59 Å². The third-order valence-corrected chi connectivity index (χ3v) is 3.69. The Kier molecular flexibility index (Phi) is 6.66. The normalized spacial score (nSPS) is 10.1. The molecule has 0 spiro atoms. The topological polar surface area (TPSA) is 81.2 Å². The summed E-state index contributed by atoms with van der Waals surface area (Å²) in [5.74, 6) is -0.157. The van der Waals surface area contributed by atoms with Crippen molar-refractivity contribution in [3.63, 3.8) is 0 Å². The van der Waals surface area contributed by atoms with E-state index in [2.05, 4.69) is 15.5 Å². The molecule has 0 bridgehead atoms. The van der Waals surface area contributed by atoms with E-state index in [0.717, 1.165) is 6.42 Å². The van der Waals surface area contributed by atoms with Crippen molar-refractivity contribution >= 4 is 40.1 Å². The van der Waals surface area contributed by atoms with Crippen LogP contribution in [-0.4, -0.2) is 34.4 Å². The van der Waals surface area contributed by atoms with E-state index in [4.69, 9.17) is 4.74 Å². The lowest BCUT2D eigenvalue weighted by atomic mass is 10.3. The third-order valence-electron chi connectivity index (χ3n) is 1.75. The predicted octanol–water partition coefficient (Wildman–Crippen LogP) is 1.93. The van der Waals surface area contributed by atoms with Crippen LogP contribution in [0.25, 0.3) is 0 Å². The molecular formula is C10H15N3O3S2. The third kappa shape index (κ3) is 5.46. The first-order valence-electron chi connectivity index (χ1n) is 5.57. The van der Waals surface area contributed by atoms with Crippen LogP contribution < -0.4 is 5.32 Å².